The molecule has 1 aliphatic heterocycles. The van der Waals surface area contributed by atoms with Crippen LogP contribution in [-0.4, -0.2) is 48.1 Å². The van der Waals surface area contributed by atoms with Gasteiger partial charge in [-0.1, -0.05) is 35.9 Å². The van der Waals surface area contributed by atoms with E-state index in [9.17, 15) is 4.21 Å². The lowest BCUT2D eigenvalue weighted by Crippen LogP contribution is -2.44. The molecule has 2 N–H and O–H groups in total. The second-order valence-corrected chi connectivity index (χ2v) is 8.61. The minimum absolute atomic E-state index is 0.360. The van der Waals surface area contributed by atoms with Crippen molar-refractivity contribution in [3.63, 3.8) is 0 Å². The van der Waals surface area contributed by atoms with Crippen LogP contribution in [-0.2, 0) is 10.8 Å². The highest BCUT2D eigenvalue weighted by molar-refractivity contribution is 7.85. The van der Waals surface area contributed by atoms with Gasteiger partial charge in [-0.25, -0.2) is 0 Å². The molecule has 5 nitrogen and oxygen atoms in total. The lowest BCUT2D eigenvalue weighted by Gasteiger charge is -2.20. The summed E-state index contributed by atoms with van der Waals surface area (Å²) in [5.41, 5.74) is 2.56. The second-order valence-electron chi connectivity index (χ2n) is 7.03. The Hall–Kier alpha value is -2.34. The molecule has 6 heteroatoms. The Bertz CT molecular complexity index is 792. The van der Waals surface area contributed by atoms with E-state index in [1.807, 2.05) is 30.3 Å². The summed E-state index contributed by atoms with van der Waals surface area (Å²) in [6.07, 6.45) is 1.08. The van der Waals surface area contributed by atoms with Crippen molar-refractivity contribution in [1.82, 2.24) is 10.6 Å². The molecule has 0 aromatic heterocycles. The maximum atomic E-state index is 12.3. The summed E-state index contributed by atoms with van der Waals surface area (Å²) < 4.78 is 12.3. The number of aliphatic imine (C=N–C) groups is 1. The molecule has 0 amide bonds. The first kappa shape index (κ1) is 20.4. The van der Waals surface area contributed by atoms with Crippen molar-refractivity contribution >= 4 is 22.4 Å². The zero-order valence-corrected chi connectivity index (χ0v) is 17.5. The fraction of sp³-hybridized carbons (Fsp3) is 0.409. The van der Waals surface area contributed by atoms with Crippen molar-refractivity contribution in [3.8, 4) is 0 Å². The summed E-state index contributed by atoms with van der Waals surface area (Å²) in [5.74, 6) is 1.34. The van der Waals surface area contributed by atoms with Gasteiger partial charge >= 0.3 is 0 Å². The van der Waals surface area contributed by atoms with E-state index >= 15 is 0 Å². The van der Waals surface area contributed by atoms with E-state index in [2.05, 4.69) is 58.6 Å². The molecule has 0 aliphatic carbocycles. The van der Waals surface area contributed by atoms with Crippen LogP contribution in [0.1, 0.15) is 18.9 Å². The highest BCUT2D eigenvalue weighted by atomic mass is 32.2. The van der Waals surface area contributed by atoms with E-state index in [-0.39, 0.29) is 0 Å². The Morgan fingerprint density at radius 3 is 2.64 bits per heavy atom. The van der Waals surface area contributed by atoms with Gasteiger partial charge in [0.25, 0.3) is 0 Å². The average Bonchev–Trinajstić information content (AvgIpc) is 3.17. The SMILES string of the molecule is CCNC(=NCCS(=O)c1ccccc1)NC1CCN(c2ccc(C)cc2)C1. The first-order chi connectivity index (χ1) is 13.7. The molecule has 0 bridgehead atoms. The van der Waals surface area contributed by atoms with E-state index in [0.29, 0.717) is 18.3 Å². The van der Waals surface area contributed by atoms with Gasteiger partial charge in [-0.2, -0.15) is 0 Å². The van der Waals surface area contributed by atoms with Gasteiger partial charge in [0.15, 0.2) is 5.96 Å². The standard InChI is InChI=1S/C22H30N4OS/c1-3-23-22(24-14-16-28(27)21-7-5-4-6-8-21)25-19-13-15-26(17-19)20-11-9-18(2)10-12-20/h4-12,19H,3,13-17H2,1-2H3,(H2,23,24,25). The van der Waals surface area contributed by atoms with Crippen LogP contribution in [0.5, 0.6) is 0 Å². The monoisotopic (exact) mass is 398 g/mol. The van der Waals surface area contributed by atoms with Crippen LogP contribution in [0.2, 0.25) is 0 Å². The Labute approximate surface area is 170 Å². The molecule has 2 atom stereocenters. The summed E-state index contributed by atoms with van der Waals surface area (Å²) in [4.78, 5) is 7.90. The van der Waals surface area contributed by atoms with Gasteiger partial charge in [-0.15, -0.1) is 0 Å². The van der Waals surface area contributed by atoms with Gasteiger partial charge in [0.05, 0.1) is 17.3 Å². The zero-order chi connectivity index (χ0) is 19.8. The smallest absolute Gasteiger partial charge is 0.191 e. The van der Waals surface area contributed by atoms with E-state index < -0.39 is 10.8 Å². The fourth-order valence-electron chi connectivity index (χ4n) is 3.31. The van der Waals surface area contributed by atoms with E-state index in [1.165, 1.54) is 11.3 Å². The van der Waals surface area contributed by atoms with Gasteiger partial charge in [0.1, 0.15) is 0 Å². The maximum Gasteiger partial charge on any atom is 0.191 e. The molecule has 0 saturated carbocycles. The molecule has 1 fully saturated rings. The average molecular weight is 399 g/mol. The van der Waals surface area contributed by atoms with Gasteiger partial charge in [0, 0.05) is 42.0 Å². The minimum Gasteiger partial charge on any atom is -0.369 e. The number of aryl methyl sites for hydroxylation is 1. The highest BCUT2D eigenvalue weighted by Crippen LogP contribution is 2.20. The summed E-state index contributed by atoms with van der Waals surface area (Å²) >= 11 is 0. The van der Waals surface area contributed by atoms with E-state index in [0.717, 1.165) is 36.9 Å². The number of rotatable bonds is 7. The molecule has 28 heavy (non-hydrogen) atoms. The lowest BCUT2D eigenvalue weighted by molar-refractivity contribution is 0.650. The lowest BCUT2D eigenvalue weighted by atomic mass is 10.2. The zero-order valence-electron chi connectivity index (χ0n) is 16.7. The molecule has 0 spiro atoms. The normalized spacial score (nSPS) is 18.1. The Balaban J connectivity index is 1.52. The van der Waals surface area contributed by atoms with Gasteiger partial charge in [-0.05, 0) is 44.5 Å². The van der Waals surface area contributed by atoms with Crippen LogP contribution in [0.25, 0.3) is 0 Å². The number of benzene rings is 2. The summed E-state index contributed by atoms with van der Waals surface area (Å²) in [6.45, 7) is 7.52. The molecular formula is C22H30N4OS. The van der Waals surface area contributed by atoms with Crippen molar-refractivity contribution in [2.24, 2.45) is 4.99 Å². The molecule has 3 rings (SSSR count). The molecule has 2 aromatic carbocycles. The summed E-state index contributed by atoms with van der Waals surface area (Å²) in [5, 5.41) is 6.85. The van der Waals surface area contributed by atoms with Crippen LogP contribution >= 0.6 is 0 Å². The third-order valence-corrected chi connectivity index (χ3v) is 6.18. The van der Waals surface area contributed by atoms with Crippen molar-refractivity contribution in [2.45, 2.75) is 31.2 Å². The van der Waals surface area contributed by atoms with Crippen LogP contribution < -0.4 is 15.5 Å². The molecule has 150 valence electrons. The van der Waals surface area contributed by atoms with E-state index in [1.54, 1.807) is 0 Å². The van der Waals surface area contributed by atoms with Crippen molar-refractivity contribution < 1.29 is 4.21 Å². The minimum atomic E-state index is -1.01. The number of nitrogens with zero attached hydrogens (tertiary/aromatic N) is 2. The Morgan fingerprint density at radius 2 is 1.93 bits per heavy atom. The Kier molecular flexibility index (Phi) is 7.48. The number of hydrogen-bond acceptors (Lipinski definition) is 3. The number of guanidine groups is 1. The predicted molar refractivity (Wildman–Crippen MR) is 119 cm³/mol. The predicted octanol–water partition coefficient (Wildman–Crippen LogP) is 2.94. The Morgan fingerprint density at radius 1 is 1.18 bits per heavy atom. The molecule has 2 unspecified atom stereocenters. The van der Waals surface area contributed by atoms with Gasteiger partial charge in [0.2, 0.25) is 0 Å². The quantitative estimate of drug-likeness (QED) is 0.556. The summed E-state index contributed by atoms with van der Waals surface area (Å²) in [6, 6.07) is 18.6. The third kappa shape index (κ3) is 5.83. The first-order valence-corrected chi connectivity index (χ1v) is 11.3. The number of anilines is 1. The highest BCUT2D eigenvalue weighted by Gasteiger charge is 2.23. The molecular weight excluding hydrogens is 368 g/mol. The second kappa shape index (κ2) is 10.3. The van der Waals surface area contributed by atoms with Crippen molar-refractivity contribution in [2.75, 3.05) is 36.8 Å². The van der Waals surface area contributed by atoms with Crippen LogP contribution in [0, 0.1) is 6.92 Å². The van der Waals surface area contributed by atoms with Crippen molar-refractivity contribution in [1.29, 1.82) is 0 Å². The van der Waals surface area contributed by atoms with E-state index in [4.69, 9.17) is 0 Å². The van der Waals surface area contributed by atoms with Crippen LogP contribution in [0.15, 0.2) is 64.5 Å². The topological polar surface area (TPSA) is 56.7 Å². The largest absolute Gasteiger partial charge is 0.369 e. The molecule has 1 heterocycles. The van der Waals surface area contributed by atoms with Gasteiger partial charge in [-0.3, -0.25) is 9.20 Å². The summed E-state index contributed by atoms with van der Waals surface area (Å²) in [7, 11) is -1.01. The molecule has 0 radical (unpaired) electrons. The molecule has 2 aromatic rings. The fourth-order valence-corrected chi connectivity index (χ4v) is 4.27. The van der Waals surface area contributed by atoms with Crippen molar-refractivity contribution in [3.05, 3.63) is 60.2 Å². The van der Waals surface area contributed by atoms with Crippen LogP contribution in [0.4, 0.5) is 5.69 Å². The molecule has 1 saturated heterocycles. The third-order valence-electron chi connectivity index (χ3n) is 4.83. The van der Waals surface area contributed by atoms with Crippen LogP contribution in [0.3, 0.4) is 0 Å². The number of nitrogens with one attached hydrogen (secondary N) is 2. The first-order valence-electron chi connectivity index (χ1n) is 9.95. The number of hydrogen-bond donors (Lipinski definition) is 2. The maximum absolute atomic E-state index is 12.3. The van der Waals surface area contributed by atoms with Gasteiger partial charge < -0.3 is 15.5 Å². The molecule has 1 aliphatic rings.